The van der Waals surface area contributed by atoms with Crippen LogP contribution in [0, 0.1) is 0 Å². The summed E-state index contributed by atoms with van der Waals surface area (Å²) in [5.74, 6) is 0. The molecule has 0 aliphatic carbocycles. The molecule has 5 heteroatoms. The zero-order valence-corrected chi connectivity index (χ0v) is 8.61. The van der Waals surface area contributed by atoms with Crippen LogP contribution in [0.4, 0.5) is 0 Å². The highest BCUT2D eigenvalue weighted by molar-refractivity contribution is 7.07. The quantitative estimate of drug-likeness (QED) is 0.832. The lowest BCUT2D eigenvalue weighted by Crippen LogP contribution is -1.98. The van der Waals surface area contributed by atoms with E-state index < -0.39 is 6.10 Å². The molecule has 1 N–H and O–H groups in total. The lowest BCUT2D eigenvalue weighted by atomic mass is 10.3. The van der Waals surface area contributed by atoms with E-state index in [1.165, 1.54) is 5.56 Å². The second-order valence-electron chi connectivity index (χ2n) is 3.15. The Morgan fingerprint density at radius 1 is 1.64 bits per heavy atom. The Morgan fingerprint density at radius 2 is 2.50 bits per heavy atom. The first-order chi connectivity index (χ1) is 6.75. The molecule has 2 heterocycles. The summed E-state index contributed by atoms with van der Waals surface area (Å²) in [4.78, 5) is 0. The molecule has 2 aromatic heterocycles. The third kappa shape index (κ3) is 2.00. The third-order valence-electron chi connectivity index (χ3n) is 1.91. The lowest BCUT2D eigenvalue weighted by Gasteiger charge is -1.96. The van der Waals surface area contributed by atoms with E-state index in [0.29, 0.717) is 12.2 Å². The lowest BCUT2D eigenvalue weighted by molar-refractivity contribution is 0.194. The topological polar surface area (TPSA) is 50.9 Å². The van der Waals surface area contributed by atoms with Gasteiger partial charge >= 0.3 is 0 Å². The Labute approximate surface area is 85.8 Å². The standard InChI is InChI=1S/C9H11N3OS/c1-7(13)9-5-12(11-10-9)4-8-2-3-14-6-8/h2-3,5-7,13H,4H2,1H3/t7-/m0/s1. The average molecular weight is 209 g/mol. The van der Waals surface area contributed by atoms with Crippen molar-refractivity contribution < 1.29 is 5.11 Å². The number of aliphatic hydroxyl groups is 1. The van der Waals surface area contributed by atoms with E-state index in [1.807, 2.05) is 11.4 Å². The maximum atomic E-state index is 9.25. The molecule has 2 rings (SSSR count). The molecule has 1 atom stereocenters. The zero-order chi connectivity index (χ0) is 9.97. The van der Waals surface area contributed by atoms with Gasteiger partial charge < -0.3 is 5.11 Å². The van der Waals surface area contributed by atoms with Gasteiger partial charge in [0.05, 0.1) is 18.8 Å². The van der Waals surface area contributed by atoms with Gasteiger partial charge in [0.2, 0.25) is 0 Å². The summed E-state index contributed by atoms with van der Waals surface area (Å²) in [6.45, 7) is 2.39. The highest BCUT2D eigenvalue weighted by atomic mass is 32.1. The van der Waals surface area contributed by atoms with Crippen molar-refractivity contribution in [2.45, 2.75) is 19.6 Å². The van der Waals surface area contributed by atoms with E-state index in [4.69, 9.17) is 0 Å². The molecule has 0 aliphatic rings. The molecule has 0 saturated carbocycles. The first-order valence-corrected chi connectivity index (χ1v) is 5.29. The molecular formula is C9H11N3OS. The minimum absolute atomic E-state index is 0.550. The molecule has 0 saturated heterocycles. The minimum atomic E-state index is -0.550. The molecule has 0 spiro atoms. The minimum Gasteiger partial charge on any atom is -0.387 e. The normalized spacial score (nSPS) is 13.0. The molecule has 0 amide bonds. The van der Waals surface area contributed by atoms with Gasteiger partial charge in [0, 0.05) is 0 Å². The summed E-state index contributed by atoms with van der Waals surface area (Å²) >= 11 is 1.66. The number of hydrogen-bond acceptors (Lipinski definition) is 4. The Balaban J connectivity index is 2.11. The van der Waals surface area contributed by atoms with E-state index in [9.17, 15) is 5.11 Å². The fourth-order valence-corrected chi connectivity index (χ4v) is 1.81. The van der Waals surface area contributed by atoms with Crippen molar-refractivity contribution in [2.24, 2.45) is 0 Å². The van der Waals surface area contributed by atoms with Crippen molar-refractivity contribution in [3.05, 3.63) is 34.3 Å². The Bertz CT molecular complexity index is 394. The van der Waals surface area contributed by atoms with E-state index in [2.05, 4.69) is 15.7 Å². The molecule has 0 fully saturated rings. The maximum absolute atomic E-state index is 9.25. The van der Waals surface area contributed by atoms with E-state index in [-0.39, 0.29) is 0 Å². The van der Waals surface area contributed by atoms with E-state index >= 15 is 0 Å². The van der Waals surface area contributed by atoms with Crippen LogP contribution in [-0.4, -0.2) is 20.1 Å². The second kappa shape index (κ2) is 3.89. The summed E-state index contributed by atoms with van der Waals surface area (Å²) in [6.07, 6.45) is 1.22. The van der Waals surface area contributed by atoms with Crippen LogP contribution in [0.15, 0.2) is 23.0 Å². The van der Waals surface area contributed by atoms with Crippen molar-refractivity contribution in [3.8, 4) is 0 Å². The van der Waals surface area contributed by atoms with E-state index in [0.717, 1.165) is 0 Å². The molecular weight excluding hydrogens is 198 g/mol. The number of aromatic nitrogens is 3. The maximum Gasteiger partial charge on any atom is 0.111 e. The van der Waals surface area contributed by atoms with Gasteiger partial charge in [0.25, 0.3) is 0 Å². The van der Waals surface area contributed by atoms with Crippen LogP contribution < -0.4 is 0 Å². The van der Waals surface area contributed by atoms with Gasteiger partial charge in [-0.3, -0.25) is 0 Å². The smallest absolute Gasteiger partial charge is 0.111 e. The fraction of sp³-hybridized carbons (Fsp3) is 0.333. The summed E-state index contributed by atoms with van der Waals surface area (Å²) < 4.78 is 1.73. The molecule has 4 nitrogen and oxygen atoms in total. The number of aliphatic hydroxyl groups excluding tert-OH is 1. The Kier molecular flexibility index (Phi) is 2.60. The SMILES string of the molecule is C[C@H](O)c1cn(Cc2ccsc2)nn1. The van der Waals surface area contributed by atoms with Crippen LogP contribution in [-0.2, 0) is 6.54 Å². The summed E-state index contributed by atoms with van der Waals surface area (Å²) in [5, 5.41) is 21.1. The molecule has 0 aliphatic heterocycles. The number of thiophene rings is 1. The van der Waals surface area contributed by atoms with Crippen molar-refractivity contribution in [2.75, 3.05) is 0 Å². The molecule has 2 aromatic rings. The van der Waals surface area contributed by atoms with Crippen LogP contribution >= 0.6 is 11.3 Å². The molecule has 0 radical (unpaired) electrons. The summed E-state index contributed by atoms with van der Waals surface area (Å²) in [6, 6.07) is 2.05. The van der Waals surface area contributed by atoms with Crippen molar-refractivity contribution in [3.63, 3.8) is 0 Å². The van der Waals surface area contributed by atoms with Crippen molar-refractivity contribution in [1.82, 2.24) is 15.0 Å². The largest absolute Gasteiger partial charge is 0.387 e. The highest BCUT2D eigenvalue weighted by Crippen LogP contribution is 2.10. The van der Waals surface area contributed by atoms with Gasteiger partial charge in [-0.2, -0.15) is 11.3 Å². The van der Waals surface area contributed by atoms with Crippen molar-refractivity contribution in [1.29, 1.82) is 0 Å². The molecule has 74 valence electrons. The monoisotopic (exact) mass is 209 g/mol. The second-order valence-corrected chi connectivity index (χ2v) is 3.93. The molecule has 0 bridgehead atoms. The van der Waals surface area contributed by atoms with Crippen LogP contribution in [0.5, 0.6) is 0 Å². The first-order valence-electron chi connectivity index (χ1n) is 4.35. The number of hydrogen-bond donors (Lipinski definition) is 1. The molecule has 0 aromatic carbocycles. The average Bonchev–Trinajstić information content (AvgIpc) is 2.75. The van der Waals surface area contributed by atoms with Crippen LogP contribution in [0.2, 0.25) is 0 Å². The molecule has 0 unspecified atom stereocenters. The van der Waals surface area contributed by atoms with Crippen LogP contribution in [0.25, 0.3) is 0 Å². The van der Waals surface area contributed by atoms with Gasteiger partial charge in [-0.1, -0.05) is 5.21 Å². The van der Waals surface area contributed by atoms with Gasteiger partial charge in [-0.05, 0) is 29.3 Å². The highest BCUT2D eigenvalue weighted by Gasteiger charge is 2.06. The van der Waals surface area contributed by atoms with E-state index in [1.54, 1.807) is 29.1 Å². The fourth-order valence-electron chi connectivity index (χ4n) is 1.15. The predicted octanol–water partition coefficient (Wildman–Crippen LogP) is 1.44. The van der Waals surface area contributed by atoms with Gasteiger partial charge in [0.15, 0.2) is 0 Å². The number of rotatable bonds is 3. The van der Waals surface area contributed by atoms with Crippen LogP contribution in [0.3, 0.4) is 0 Å². The predicted molar refractivity (Wildman–Crippen MR) is 54.1 cm³/mol. The van der Waals surface area contributed by atoms with Gasteiger partial charge in [-0.15, -0.1) is 5.10 Å². The summed E-state index contributed by atoms with van der Waals surface area (Å²) in [5.41, 5.74) is 1.82. The van der Waals surface area contributed by atoms with Gasteiger partial charge in [0.1, 0.15) is 5.69 Å². The zero-order valence-electron chi connectivity index (χ0n) is 7.79. The molecule has 14 heavy (non-hydrogen) atoms. The summed E-state index contributed by atoms with van der Waals surface area (Å²) in [7, 11) is 0. The van der Waals surface area contributed by atoms with Crippen molar-refractivity contribution >= 4 is 11.3 Å². The third-order valence-corrected chi connectivity index (χ3v) is 2.64. The van der Waals surface area contributed by atoms with Crippen LogP contribution in [0.1, 0.15) is 24.3 Å². The Hall–Kier alpha value is -1.20. The Morgan fingerprint density at radius 3 is 3.07 bits per heavy atom. The van der Waals surface area contributed by atoms with Gasteiger partial charge in [-0.25, -0.2) is 4.68 Å². The first kappa shape index (κ1) is 9.36. The number of nitrogens with zero attached hydrogens (tertiary/aromatic N) is 3.